The Hall–Kier alpha value is -5.08. The summed E-state index contributed by atoms with van der Waals surface area (Å²) in [5, 5.41) is 96.1. The van der Waals surface area contributed by atoms with Gasteiger partial charge in [0.15, 0.2) is 36.8 Å². The number of aromatic nitrogens is 1. The Balaban J connectivity index is 0.000000123. The molecule has 104 heavy (non-hydrogen) atoms. The molecule has 16 aliphatic rings. The highest BCUT2D eigenvalue weighted by Gasteiger charge is 2.52. The zero-order valence-corrected chi connectivity index (χ0v) is 60.0. The average molecular weight is 1470 g/mol. The summed E-state index contributed by atoms with van der Waals surface area (Å²) in [6.07, 6.45) is -9.96. The van der Waals surface area contributed by atoms with E-state index < -0.39 is 117 Å². The molecule has 29 heteroatoms. The maximum atomic E-state index is 12.7. The molecule has 1 amide bonds. The van der Waals surface area contributed by atoms with E-state index in [1.54, 1.807) is 11.3 Å². The molecule has 12 N–H and O–H groups in total. The molecule has 0 spiro atoms. The quantitative estimate of drug-likeness (QED) is 0.0666. The number of anilines is 2. The number of hydrogen-bond donors (Lipinski definition) is 12. The summed E-state index contributed by atoms with van der Waals surface area (Å²) in [5.41, 5.74) is 6.87. The number of benzene rings is 4. The molecule has 1 aliphatic carbocycles. The van der Waals surface area contributed by atoms with Crippen LogP contribution >= 0.6 is 11.3 Å². The molecule has 21 atom stereocenters. The second kappa shape index (κ2) is 36.4. The van der Waals surface area contributed by atoms with Crippen molar-refractivity contribution in [3.8, 4) is 11.1 Å². The van der Waals surface area contributed by atoms with Crippen LogP contribution in [0.15, 0.2) is 103 Å². The van der Waals surface area contributed by atoms with Gasteiger partial charge in [-0.1, -0.05) is 96.3 Å². The van der Waals surface area contributed by atoms with Crippen LogP contribution in [0.5, 0.6) is 0 Å². The van der Waals surface area contributed by atoms with Crippen LogP contribution in [0.25, 0.3) is 21.3 Å². The van der Waals surface area contributed by atoms with Crippen molar-refractivity contribution >= 4 is 38.3 Å². The molecule has 15 aliphatic heterocycles. The van der Waals surface area contributed by atoms with E-state index in [0.717, 1.165) is 102 Å². The van der Waals surface area contributed by atoms with Crippen molar-refractivity contribution < 1.29 is 111 Å². The summed E-state index contributed by atoms with van der Waals surface area (Å²) >= 11 is 1.56. The third-order valence-electron chi connectivity index (χ3n) is 22.1. The minimum Gasteiger partial charge on any atom is -0.387 e. The predicted octanol–water partition coefficient (Wildman–Crippen LogP) is 1.92. The Labute approximate surface area is 610 Å². The maximum Gasteiger partial charge on any atom is 0.275 e. The van der Waals surface area contributed by atoms with Gasteiger partial charge in [-0.25, -0.2) is 4.98 Å². The Morgan fingerprint density at radius 3 is 1.44 bits per heavy atom. The van der Waals surface area contributed by atoms with Crippen molar-refractivity contribution in [2.45, 2.75) is 181 Å². The van der Waals surface area contributed by atoms with E-state index >= 15 is 0 Å². The van der Waals surface area contributed by atoms with Gasteiger partial charge in [0.1, 0.15) is 137 Å². The second-order valence-electron chi connectivity index (χ2n) is 28.9. The van der Waals surface area contributed by atoms with Crippen molar-refractivity contribution in [3.05, 3.63) is 114 Å². The standard InChI is InChI=1S/C21H25NO5.C19H34N3O6.C19H27NO5.C16H20N2O5S/c23-18-19(24)21-26-12-6-11-25-20(18)17(27-21)13-22-16-10-5-4-9-15(16)14-7-2-1-3-8-14;1-2-21-4-7-22(8-5-21,9-6-21)13-15(23)20-12-14-18-16(24)17(25)19(28-14)27-11-3-10-26-18;21-16-17(22)19-24-10-4-9-23-18(16)15(25-19)11-20-14-8-3-6-12-5-1-2-7-13(12)14;19-12-13(20)15-22-7-3-6-21-14(12)10(23-15)8-17-16-18-9-4-1-2-5-11(9)24-16/h1-5,7-10,17-24H,6,11-13H2;14,16-19,24-25H,2-13H2,1H3;1-2,5,7,14-22H,3-4,6,8-11H2;1-2,4-5,10,12-15,19-20H,3,6-8H2,(H,17,18)/q;+1;;/p+1. The monoisotopic (exact) mass is 1470 g/mol. The number of aryl methyl sites for hydroxylation is 1. The summed E-state index contributed by atoms with van der Waals surface area (Å²) in [7, 11) is 0. The van der Waals surface area contributed by atoms with Crippen LogP contribution in [-0.4, -0.2) is 315 Å². The van der Waals surface area contributed by atoms with Gasteiger partial charge in [0, 0.05) is 69.9 Å². The van der Waals surface area contributed by atoms with Gasteiger partial charge in [0.25, 0.3) is 5.91 Å². The number of likely N-dealkylation sites (N-methyl/N-ethyl adjacent to an activating group) is 1. The van der Waals surface area contributed by atoms with Crippen molar-refractivity contribution in [3.63, 3.8) is 0 Å². The normalized spacial score (nSPS) is 37.5. The van der Waals surface area contributed by atoms with Crippen molar-refractivity contribution in [1.82, 2.24) is 15.6 Å². The van der Waals surface area contributed by atoms with Crippen LogP contribution in [0.3, 0.4) is 0 Å². The summed E-state index contributed by atoms with van der Waals surface area (Å²) < 4.78 is 71.8. The number of thiazole rings is 1. The minimum absolute atomic E-state index is 0.00806. The molecule has 16 heterocycles. The number of ether oxygens (including phenoxy) is 12. The number of piperazine rings is 3. The molecule has 28 nitrogen and oxygen atoms in total. The van der Waals surface area contributed by atoms with E-state index in [2.05, 4.69) is 75.6 Å². The summed E-state index contributed by atoms with van der Waals surface area (Å²) in [4.78, 5) is 17.2. The fourth-order valence-electron chi connectivity index (χ4n) is 15.9. The number of hydrogen-bond acceptors (Lipinski definition) is 26. The van der Waals surface area contributed by atoms with E-state index in [4.69, 9.17) is 56.8 Å². The van der Waals surface area contributed by atoms with Gasteiger partial charge < -0.3 is 128 Å². The highest BCUT2D eigenvalue weighted by Crippen LogP contribution is 2.36. The molecule has 1 aromatic heterocycles. The fraction of sp³-hybridized carbons (Fsp3) is 0.653. The minimum atomic E-state index is -1.15. The highest BCUT2D eigenvalue weighted by molar-refractivity contribution is 7.22. The number of nitrogens with zero attached hydrogens (tertiary/aromatic N) is 3. The van der Waals surface area contributed by atoms with Crippen molar-refractivity contribution in [2.24, 2.45) is 0 Å². The molecular formula is C75H107N7O21S+2. The summed E-state index contributed by atoms with van der Waals surface area (Å²) in [5.74, 6) is 0.00806. The number of quaternary nitrogens is 2. The van der Waals surface area contributed by atoms with Gasteiger partial charge in [-0.05, 0) is 86.8 Å². The first kappa shape index (κ1) is 77.1. The first-order valence-corrected chi connectivity index (χ1v) is 38.2. The average Bonchev–Trinajstić information content (AvgIpc) is 0.808. The number of aliphatic hydroxyl groups excluding tert-OH is 8. The lowest BCUT2D eigenvalue weighted by molar-refractivity contribution is -1.08. The Morgan fingerprint density at radius 1 is 0.471 bits per heavy atom. The van der Waals surface area contributed by atoms with Gasteiger partial charge in [-0.2, -0.15) is 0 Å². The number of para-hydroxylation sites is 2. The van der Waals surface area contributed by atoms with E-state index in [-0.39, 0.29) is 24.6 Å². The zero-order chi connectivity index (χ0) is 72.2. The third kappa shape index (κ3) is 18.6. The summed E-state index contributed by atoms with van der Waals surface area (Å²) in [6.45, 7) is 15.8. The number of carbonyl (C=O) groups is 1. The fourth-order valence-corrected chi connectivity index (χ4v) is 16.7. The third-order valence-corrected chi connectivity index (χ3v) is 23.1. The molecule has 0 radical (unpaired) electrons. The lowest BCUT2D eigenvalue weighted by Gasteiger charge is -2.55. The second-order valence-corrected chi connectivity index (χ2v) is 29.9. The molecule has 0 saturated carbocycles. The SMILES string of the molecule is CC[N+]12CC[N+](CC(=O)NCC3OC4OCCCOC3C(O)C4O)(CC1)CC2.OC1C2OCCCOC(C(CNC3CCCc4ccccc43)O2)C1O.OC1C2OCCCOC(C(CNc3ccccc3-c3ccccc3)O2)C1O.OC1C2OCCCOC(C(CNc3nc4ccccc4s3)O2)C1O. The van der Waals surface area contributed by atoms with Crippen LogP contribution in [0.1, 0.15) is 62.6 Å². The van der Waals surface area contributed by atoms with Crippen LogP contribution in [0, 0.1) is 0 Å². The zero-order valence-electron chi connectivity index (χ0n) is 59.2. The number of aliphatic hydroxyl groups is 8. The summed E-state index contributed by atoms with van der Waals surface area (Å²) in [6, 6.07) is 34.9. The van der Waals surface area contributed by atoms with E-state index in [9.17, 15) is 45.6 Å². The van der Waals surface area contributed by atoms with Crippen LogP contribution in [0.2, 0.25) is 0 Å². The predicted molar refractivity (Wildman–Crippen MR) is 381 cm³/mol. The molecule has 21 rings (SSSR count). The molecule has 5 aromatic rings. The van der Waals surface area contributed by atoms with Gasteiger partial charge in [0.05, 0.1) is 43.2 Å². The smallest absolute Gasteiger partial charge is 0.275 e. The molecule has 15 saturated heterocycles. The number of fused-ring (bicyclic) bond motifs is 29. The topological polar surface area (TPSA) is 351 Å². The number of carbonyl (C=O) groups excluding carboxylic acids is 1. The van der Waals surface area contributed by atoms with Crippen molar-refractivity contribution in [2.75, 3.05) is 142 Å². The van der Waals surface area contributed by atoms with Crippen molar-refractivity contribution in [1.29, 1.82) is 0 Å². The molecule has 15 fully saturated rings. The van der Waals surface area contributed by atoms with Gasteiger partial charge >= 0.3 is 0 Å². The number of rotatable bonds is 15. The lowest BCUT2D eigenvalue weighted by Crippen LogP contribution is -2.76. The maximum absolute atomic E-state index is 12.7. The Bertz CT molecular complexity index is 3420. The Kier molecular flexibility index (Phi) is 27.0. The highest BCUT2D eigenvalue weighted by atomic mass is 32.1. The van der Waals surface area contributed by atoms with Crippen LogP contribution in [0.4, 0.5) is 10.8 Å². The van der Waals surface area contributed by atoms with E-state index in [1.807, 2.05) is 60.7 Å². The van der Waals surface area contributed by atoms with Crippen LogP contribution < -0.4 is 21.3 Å². The lowest BCUT2D eigenvalue weighted by atomic mass is 9.87. The molecule has 10 bridgehead atoms. The van der Waals surface area contributed by atoms with Gasteiger partial charge in [-0.15, -0.1) is 0 Å². The number of amides is 1. The van der Waals surface area contributed by atoms with E-state index in [0.29, 0.717) is 98.3 Å². The van der Waals surface area contributed by atoms with E-state index in [1.165, 1.54) is 22.2 Å². The van der Waals surface area contributed by atoms with Gasteiger partial charge in [0.2, 0.25) is 0 Å². The molecule has 4 aromatic carbocycles. The molecule has 572 valence electrons. The Morgan fingerprint density at radius 2 is 0.913 bits per heavy atom. The van der Waals surface area contributed by atoms with Crippen LogP contribution in [-0.2, 0) is 68.1 Å². The first-order chi connectivity index (χ1) is 50.7. The molecular weight excluding hydrogens is 1370 g/mol. The molecule has 21 unspecified atom stereocenters. The largest absolute Gasteiger partial charge is 0.387 e. The first-order valence-electron chi connectivity index (χ1n) is 37.4. The van der Waals surface area contributed by atoms with Gasteiger partial charge in [-0.3, -0.25) is 4.79 Å². The number of nitrogens with one attached hydrogen (secondary N) is 4.